The number of amides is 1. The fourth-order valence-electron chi connectivity index (χ4n) is 2.32. The Morgan fingerprint density at radius 2 is 2.04 bits per heavy atom. The Labute approximate surface area is 141 Å². The normalized spacial score (nSPS) is 15.0. The van der Waals surface area contributed by atoms with Crippen LogP contribution in [0.1, 0.15) is 25.3 Å². The third-order valence-corrected chi connectivity index (χ3v) is 3.90. The zero-order chi connectivity index (χ0) is 17.5. The summed E-state index contributed by atoms with van der Waals surface area (Å²) in [5, 5.41) is 2.83. The van der Waals surface area contributed by atoms with Gasteiger partial charge in [-0.05, 0) is 50.0 Å². The van der Waals surface area contributed by atoms with Crippen molar-refractivity contribution in [1.29, 1.82) is 0 Å². The number of hydrogen-bond acceptors (Lipinski definition) is 5. The summed E-state index contributed by atoms with van der Waals surface area (Å²) in [5.74, 6) is 0.947. The largest absolute Gasteiger partial charge is 0.497 e. The van der Waals surface area contributed by atoms with Gasteiger partial charge in [0.15, 0.2) is 6.61 Å². The van der Waals surface area contributed by atoms with Crippen LogP contribution in [0.3, 0.4) is 0 Å². The van der Waals surface area contributed by atoms with Crippen molar-refractivity contribution in [1.82, 2.24) is 5.32 Å². The smallest absolute Gasteiger partial charge is 0.331 e. The highest BCUT2D eigenvalue weighted by Crippen LogP contribution is 2.32. The van der Waals surface area contributed by atoms with E-state index >= 15 is 0 Å². The molecule has 1 aliphatic rings. The highest BCUT2D eigenvalue weighted by molar-refractivity contribution is 5.89. The summed E-state index contributed by atoms with van der Waals surface area (Å²) < 4.78 is 15.3. The second-order valence-corrected chi connectivity index (χ2v) is 5.74. The number of carbonyl (C=O) groups is 2. The van der Waals surface area contributed by atoms with Crippen molar-refractivity contribution in [3.63, 3.8) is 0 Å². The quantitative estimate of drug-likeness (QED) is 0.583. The molecule has 6 heteroatoms. The minimum Gasteiger partial charge on any atom is -0.497 e. The molecule has 0 aliphatic heterocycles. The number of benzene rings is 1. The second kappa shape index (κ2) is 8.38. The molecule has 0 aromatic heterocycles. The van der Waals surface area contributed by atoms with Gasteiger partial charge >= 0.3 is 5.97 Å². The lowest BCUT2D eigenvalue weighted by Gasteiger charge is -2.12. The van der Waals surface area contributed by atoms with Gasteiger partial charge in [0.05, 0.1) is 14.2 Å². The Bertz CT molecular complexity index is 622. The van der Waals surface area contributed by atoms with Crippen LogP contribution in [0.2, 0.25) is 0 Å². The summed E-state index contributed by atoms with van der Waals surface area (Å²) in [5.41, 5.74) is 0.681. The van der Waals surface area contributed by atoms with E-state index in [1.165, 1.54) is 6.08 Å². The molecule has 1 fully saturated rings. The average molecular weight is 333 g/mol. The lowest BCUT2D eigenvalue weighted by Crippen LogP contribution is -2.36. The van der Waals surface area contributed by atoms with Crippen molar-refractivity contribution >= 4 is 18.0 Å². The summed E-state index contributed by atoms with van der Waals surface area (Å²) in [6.45, 7) is 1.68. The van der Waals surface area contributed by atoms with Crippen LogP contribution in [0, 0.1) is 5.92 Å². The second-order valence-electron chi connectivity index (χ2n) is 5.74. The third-order valence-electron chi connectivity index (χ3n) is 3.90. The molecular weight excluding hydrogens is 310 g/mol. The summed E-state index contributed by atoms with van der Waals surface area (Å²) >= 11 is 0. The SMILES string of the molecule is COc1ccc(OC)c(/C=C/C(=O)OCC(=O)N[C@@H](C)C2CC2)c1. The lowest BCUT2D eigenvalue weighted by atomic mass is 10.1. The van der Waals surface area contributed by atoms with Crippen LogP contribution in [0.15, 0.2) is 24.3 Å². The van der Waals surface area contributed by atoms with Gasteiger partial charge in [-0.2, -0.15) is 0 Å². The Morgan fingerprint density at radius 3 is 2.67 bits per heavy atom. The molecule has 0 unspecified atom stereocenters. The van der Waals surface area contributed by atoms with E-state index in [0.717, 1.165) is 12.8 Å². The van der Waals surface area contributed by atoms with Crippen LogP contribution in [-0.2, 0) is 14.3 Å². The van der Waals surface area contributed by atoms with Gasteiger partial charge in [-0.25, -0.2) is 4.79 Å². The molecule has 1 amide bonds. The minimum absolute atomic E-state index is 0.132. The number of carbonyl (C=O) groups excluding carboxylic acids is 2. The monoisotopic (exact) mass is 333 g/mol. The molecule has 0 heterocycles. The number of methoxy groups -OCH3 is 2. The van der Waals surface area contributed by atoms with Crippen LogP contribution < -0.4 is 14.8 Å². The molecule has 0 spiro atoms. The molecule has 1 atom stereocenters. The predicted octanol–water partition coefficient (Wildman–Crippen LogP) is 2.17. The molecule has 2 rings (SSSR count). The van der Waals surface area contributed by atoms with E-state index < -0.39 is 5.97 Å². The van der Waals surface area contributed by atoms with Crippen LogP contribution in [0.5, 0.6) is 11.5 Å². The first-order valence-corrected chi connectivity index (χ1v) is 7.89. The van der Waals surface area contributed by atoms with Crippen LogP contribution in [0.25, 0.3) is 6.08 Å². The van der Waals surface area contributed by atoms with Gasteiger partial charge in [-0.3, -0.25) is 4.79 Å². The highest BCUT2D eigenvalue weighted by atomic mass is 16.5. The average Bonchev–Trinajstić information content (AvgIpc) is 3.42. The molecule has 1 N–H and O–H groups in total. The summed E-state index contributed by atoms with van der Waals surface area (Å²) in [7, 11) is 3.10. The molecule has 0 radical (unpaired) electrons. The van der Waals surface area contributed by atoms with E-state index in [0.29, 0.717) is 23.0 Å². The van der Waals surface area contributed by atoms with E-state index in [9.17, 15) is 9.59 Å². The van der Waals surface area contributed by atoms with Crippen LogP contribution >= 0.6 is 0 Å². The van der Waals surface area contributed by atoms with Crippen LogP contribution in [0.4, 0.5) is 0 Å². The predicted molar refractivity (Wildman–Crippen MR) is 89.9 cm³/mol. The van der Waals surface area contributed by atoms with Crippen molar-refractivity contribution in [2.75, 3.05) is 20.8 Å². The van der Waals surface area contributed by atoms with Gasteiger partial charge in [-0.15, -0.1) is 0 Å². The Morgan fingerprint density at radius 1 is 1.29 bits per heavy atom. The standard InChI is InChI=1S/C18H23NO5/c1-12(13-4-5-13)19-17(20)11-24-18(21)9-6-14-10-15(22-2)7-8-16(14)23-3/h6-10,12-13H,4-5,11H2,1-3H3,(H,19,20)/b9-6+/t12-/m0/s1. The molecular formula is C18H23NO5. The molecule has 1 aromatic carbocycles. The summed E-state index contributed by atoms with van der Waals surface area (Å²) in [6.07, 6.45) is 5.11. The van der Waals surface area contributed by atoms with Crippen molar-refractivity contribution in [3.05, 3.63) is 29.8 Å². The number of rotatable bonds is 8. The lowest BCUT2D eigenvalue weighted by molar-refractivity contribution is -0.144. The number of hydrogen-bond donors (Lipinski definition) is 1. The van der Waals surface area contributed by atoms with E-state index in [2.05, 4.69) is 5.32 Å². The first-order chi connectivity index (χ1) is 11.5. The van der Waals surface area contributed by atoms with Gasteiger partial charge < -0.3 is 19.5 Å². The van der Waals surface area contributed by atoms with Gasteiger partial charge in [0, 0.05) is 17.7 Å². The summed E-state index contributed by atoms with van der Waals surface area (Å²) in [6, 6.07) is 5.39. The zero-order valence-corrected chi connectivity index (χ0v) is 14.2. The van der Waals surface area contributed by atoms with Gasteiger partial charge in [0.2, 0.25) is 0 Å². The van der Waals surface area contributed by atoms with Crippen molar-refractivity contribution in [2.24, 2.45) is 5.92 Å². The maximum atomic E-state index is 11.7. The fraction of sp³-hybridized carbons (Fsp3) is 0.444. The number of esters is 1. The topological polar surface area (TPSA) is 73.9 Å². The number of nitrogens with one attached hydrogen (secondary N) is 1. The van der Waals surface area contributed by atoms with E-state index in [4.69, 9.17) is 14.2 Å². The Balaban J connectivity index is 1.84. The maximum Gasteiger partial charge on any atom is 0.331 e. The highest BCUT2D eigenvalue weighted by Gasteiger charge is 2.28. The summed E-state index contributed by atoms with van der Waals surface area (Å²) in [4.78, 5) is 23.4. The molecule has 1 aliphatic carbocycles. The van der Waals surface area contributed by atoms with Gasteiger partial charge in [-0.1, -0.05) is 0 Å². The van der Waals surface area contributed by atoms with Crippen molar-refractivity contribution in [3.8, 4) is 11.5 Å². The van der Waals surface area contributed by atoms with Gasteiger partial charge in [0.25, 0.3) is 5.91 Å². The molecule has 0 bridgehead atoms. The molecule has 24 heavy (non-hydrogen) atoms. The third kappa shape index (κ3) is 5.30. The molecule has 1 saturated carbocycles. The van der Waals surface area contributed by atoms with Crippen molar-refractivity contribution in [2.45, 2.75) is 25.8 Å². The Hall–Kier alpha value is -2.50. The van der Waals surface area contributed by atoms with Gasteiger partial charge in [0.1, 0.15) is 11.5 Å². The van der Waals surface area contributed by atoms with Crippen LogP contribution in [-0.4, -0.2) is 38.7 Å². The first-order valence-electron chi connectivity index (χ1n) is 7.89. The fourth-order valence-corrected chi connectivity index (χ4v) is 2.32. The minimum atomic E-state index is -0.589. The Kier molecular flexibility index (Phi) is 6.23. The molecule has 0 saturated heterocycles. The zero-order valence-electron chi connectivity index (χ0n) is 14.2. The van der Waals surface area contributed by atoms with Crippen molar-refractivity contribution < 1.29 is 23.8 Å². The number of ether oxygens (including phenoxy) is 3. The van der Waals surface area contributed by atoms with E-state index in [1.54, 1.807) is 38.5 Å². The molecule has 1 aromatic rings. The molecule has 130 valence electrons. The molecule has 6 nitrogen and oxygen atoms in total. The maximum absolute atomic E-state index is 11.7. The first kappa shape index (κ1) is 17.8. The van der Waals surface area contributed by atoms with E-state index in [-0.39, 0.29) is 18.6 Å². The van der Waals surface area contributed by atoms with E-state index in [1.807, 2.05) is 6.92 Å².